The lowest BCUT2D eigenvalue weighted by Crippen LogP contribution is -2.08. The number of esters is 1. The van der Waals surface area contributed by atoms with Crippen LogP contribution in [0.1, 0.15) is 18.1 Å². The zero-order valence-corrected chi connectivity index (χ0v) is 8.80. The quantitative estimate of drug-likeness (QED) is 0.761. The maximum atomic E-state index is 11.1. The minimum Gasteiger partial charge on any atom is -0.469 e. The second-order valence-electron chi connectivity index (χ2n) is 3.48. The van der Waals surface area contributed by atoms with Crippen LogP contribution in [0.15, 0.2) is 24.4 Å². The summed E-state index contributed by atoms with van der Waals surface area (Å²) in [4.78, 5) is 11.1. The highest BCUT2D eigenvalue weighted by Crippen LogP contribution is 2.24. The van der Waals surface area contributed by atoms with Crippen molar-refractivity contribution < 1.29 is 14.6 Å². The van der Waals surface area contributed by atoms with Gasteiger partial charge in [-0.1, -0.05) is 18.2 Å². The van der Waals surface area contributed by atoms with Gasteiger partial charge in [0, 0.05) is 10.9 Å². The maximum Gasteiger partial charge on any atom is 0.308 e. The summed E-state index contributed by atoms with van der Waals surface area (Å²) in [5.74, 6) is -0.441. The Labute approximate surface area is 92.0 Å². The molecule has 2 rings (SSSR count). The monoisotopic (exact) mass is 220 g/mol. The van der Waals surface area contributed by atoms with E-state index in [1.165, 1.54) is 7.11 Å². The van der Waals surface area contributed by atoms with Crippen molar-refractivity contribution in [2.75, 3.05) is 7.11 Å². The number of aromatic nitrogens is 2. The molecule has 0 fully saturated rings. The van der Waals surface area contributed by atoms with Gasteiger partial charge in [-0.25, -0.2) is 0 Å². The van der Waals surface area contributed by atoms with Gasteiger partial charge < -0.3 is 9.84 Å². The molecule has 0 aliphatic carbocycles. The van der Waals surface area contributed by atoms with Gasteiger partial charge in [-0.05, 0) is 0 Å². The van der Waals surface area contributed by atoms with E-state index in [1.54, 1.807) is 12.3 Å². The van der Waals surface area contributed by atoms with Gasteiger partial charge in [-0.15, -0.1) is 0 Å². The Morgan fingerprint density at radius 3 is 3.19 bits per heavy atom. The molecular formula is C11H12N2O3. The summed E-state index contributed by atoms with van der Waals surface area (Å²) >= 11 is 0. The normalized spacial score (nSPS) is 12.6. The summed E-state index contributed by atoms with van der Waals surface area (Å²) in [6.07, 6.45) is 0.731. The van der Waals surface area contributed by atoms with Gasteiger partial charge in [0.05, 0.1) is 31.3 Å². The standard InChI is InChI=1S/C11H12N2O3/c1-16-10(15)5-9(14)8-4-2-3-7-6-12-13-11(7)8/h2-4,6,9,14H,5H2,1H3,(H,12,13). The van der Waals surface area contributed by atoms with Crippen molar-refractivity contribution in [3.63, 3.8) is 0 Å². The number of benzene rings is 1. The molecule has 1 unspecified atom stereocenters. The van der Waals surface area contributed by atoms with Crippen LogP contribution in [0.3, 0.4) is 0 Å². The van der Waals surface area contributed by atoms with Crippen LogP contribution in [0.25, 0.3) is 10.9 Å². The molecule has 0 saturated carbocycles. The average Bonchev–Trinajstić information content (AvgIpc) is 2.76. The molecular weight excluding hydrogens is 208 g/mol. The minimum absolute atomic E-state index is 0.0609. The molecule has 0 aliphatic heterocycles. The number of H-pyrrole nitrogens is 1. The van der Waals surface area contributed by atoms with Crippen molar-refractivity contribution in [2.45, 2.75) is 12.5 Å². The van der Waals surface area contributed by atoms with E-state index in [9.17, 15) is 9.90 Å². The third-order valence-corrected chi connectivity index (χ3v) is 2.46. The van der Waals surface area contributed by atoms with Crippen molar-refractivity contribution in [3.05, 3.63) is 30.0 Å². The zero-order chi connectivity index (χ0) is 11.5. The predicted molar refractivity (Wildman–Crippen MR) is 57.7 cm³/mol. The Morgan fingerprint density at radius 2 is 2.44 bits per heavy atom. The van der Waals surface area contributed by atoms with Gasteiger partial charge in [-0.2, -0.15) is 5.10 Å². The van der Waals surface area contributed by atoms with Crippen molar-refractivity contribution >= 4 is 16.9 Å². The Morgan fingerprint density at radius 1 is 1.62 bits per heavy atom. The van der Waals surface area contributed by atoms with Crippen LogP contribution in [-0.2, 0) is 9.53 Å². The number of hydrogen-bond acceptors (Lipinski definition) is 4. The summed E-state index contributed by atoms with van der Waals surface area (Å²) < 4.78 is 4.51. The first-order chi connectivity index (χ1) is 7.72. The van der Waals surface area contributed by atoms with E-state index in [0.717, 1.165) is 10.9 Å². The minimum atomic E-state index is -0.878. The van der Waals surface area contributed by atoms with Crippen LogP contribution >= 0.6 is 0 Å². The third-order valence-electron chi connectivity index (χ3n) is 2.46. The highest BCUT2D eigenvalue weighted by molar-refractivity contribution is 5.82. The molecule has 0 bridgehead atoms. The molecule has 0 radical (unpaired) electrons. The summed E-state index contributed by atoms with van der Waals surface area (Å²) in [7, 11) is 1.30. The lowest BCUT2D eigenvalue weighted by Gasteiger charge is -2.10. The molecule has 1 atom stereocenters. The second kappa shape index (κ2) is 4.32. The van der Waals surface area contributed by atoms with Crippen LogP contribution in [0.2, 0.25) is 0 Å². The number of aliphatic hydroxyl groups is 1. The SMILES string of the molecule is COC(=O)CC(O)c1cccc2cn[nH]c12. The fourth-order valence-electron chi connectivity index (χ4n) is 1.62. The van der Waals surface area contributed by atoms with Gasteiger partial charge in [-0.3, -0.25) is 9.89 Å². The lowest BCUT2D eigenvalue weighted by molar-refractivity contribution is -0.142. The number of fused-ring (bicyclic) bond motifs is 1. The van der Waals surface area contributed by atoms with Crippen LogP contribution < -0.4 is 0 Å². The Balaban J connectivity index is 2.32. The predicted octanol–water partition coefficient (Wildman–Crippen LogP) is 1.16. The smallest absolute Gasteiger partial charge is 0.308 e. The van der Waals surface area contributed by atoms with E-state index >= 15 is 0 Å². The van der Waals surface area contributed by atoms with Crippen LogP contribution in [-0.4, -0.2) is 28.4 Å². The molecule has 2 N–H and O–H groups in total. The van der Waals surface area contributed by atoms with Crippen molar-refractivity contribution in [1.82, 2.24) is 10.2 Å². The summed E-state index contributed by atoms with van der Waals surface area (Å²) in [5, 5.41) is 17.5. The number of aromatic amines is 1. The topological polar surface area (TPSA) is 75.2 Å². The molecule has 2 aromatic rings. The number of carbonyl (C=O) groups is 1. The molecule has 1 heterocycles. The molecule has 16 heavy (non-hydrogen) atoms. The molecule has 1 aromatic heterocycles. The first kappa shape index (κ1) is 10.6. The number of nitrogens with one attached hydrogen (secondary N) is 1. The van der Waals surface area contributed by atoms with Crippen molar-refractivity contribution in [1.29, 1.82) is 0 Å². The van der Waals surface area contributed by atoms with Crippen molar-refractivity contribution in [2.24, 2.45) is 0 Å². The summed E-state index contributed by atoms with van der Waals surface area (Å²) in [5.41, 5.74) is 1.40. The van der Waals surface area contributed by atoms with E-state index in [0.29, 0.717) is 5.56 Å². The molecule has 5 heteroatoms. The lowest BCUT2D eigenvalue weighted by atomic mass is 10.0. The fourth-order valence-corrected chi connectivity index (χ4v) is 1.62. The number of carbonyl (C=O) groups excluding carboxylic acids is 1. The van der Waals surface area contributed by atoms with Gasteiger partial charge in [0.25, 0.3) is 0 Å². The highest BCUT2D eigenvalue weighted by Gasteiger charge is 2.16. The molecule has 0 spiro atoms. The second-order valence-corrected chi connectivity index (χ2v) is 3.48. The number of nitrogens with zero attached hydrogens (tertiary/aromatic N) is 1. The van der Waals surface area contributed by atoms with Gasteiger partial charge in [0.2, 0.25) is 0 Å². The van der Waals surface area contributed by atoms with Crippen molar-refractivity contribution in [3.8, 4) is 0 Å². The fraction of sp³-hybridized carbons (Fsp3) is 0.273. The van der Waals surface area contributed by atoms with E-state index in [4.69, 9.17) is 0 Å². The number of ether oxygens (including phenoxy) is 1. The summed E-state index contributed by atoms with van der Waals surface area (Å²) in [6.45, 7) is 0. The number of aliphatic hydroxyl groups excluding tert-OH is 1. The largest absolute Gasteiger partial charge is 0.469 e. The molecule has 1 aromatic carbocycles. The van der Waals surface area contributed by atoms with Crippen LogP contribution in [0.4, 0.5) is 0 Å². The molecule has 0 saturated heterocycles. The van der Waals surface area contributed by atoms with E-state index in [-0.39, 0.29) is 6.42 Å². The van der Waals surface area contributed by atoms with Gasteiger partial charge in [0.1, 0.15) is 0 Å². The molecule has 0 amide bonds. The average molecular weight is 220 g/mol. The Kier molecular flexibility index (Phi) is 2.87. The number of para-hydroxylation sites is 1. The molecule has 84 valence electrons. The number of methoxy groups -OCH3 is 1. The highest BCUT2D eigenvalue weighted by atomic mass is 16.5. The van der Waals surface area contributed by atoms with Crippen LogP contribution in [0.5, 0.6) is 0 Å². The van der Waals surface area contributed by atoms with E-state index < -0.39 is 12.1 Å². The van der Waals surface area contributed by atoms with E-state index in [1.807, 2.05) is 12.1 Å². The molecule has 5 nitrogen and oxygen atoms in total. The first-order valence-corrected chi connectivity index (χ1v) is 4.89. The third kappa shape index (κ3) is 1.90. The Hall–Kier alpha value is -1.88. The van der Waals surface area contributed by atoms with E-state index in [2.05, 4.69) is 14.9 Å². The maximum absolute atomic E-state index is 11.1. The number of hydrogen-bond donors (Lipinski definition) is 2. The summed E-state index contributed by atoms with van der Waals surface area (Å²) in [6, 6.07) is 5.45. The number of rotatable bonds is 3. The van der Waals surface area contributed by atoms with Gasteiger partial charge in [0.15, 0.2) is 0 Å². The first-order valence-electron chi connectivity index (χ1n) is 4.89. The zero-order valence-electron chi connectivity index (χ0n) is 8.80. The van der Waals surface area contributed by atoms with Gasteiger partial charge >= 0.3 is 5.97 Å². The van der Waals surface area contributed by atoms with Crippen LogP contribution in [0, 0.1) is 0 Å². The molecule has 0 aliphatic rings. The Bertz CT molecular complexity index is 507.